The van der Waals surface area contributed by atoms with Gasteiger partial charge in [0.05, 0.1) is 0 Å². The third-order valence-corrected chi connectivity index (χ3v) is 3.17. The minimum Gasteiger partial charge on any atom is -0.340 e. The van der Waals surface area contributed by atoms with Crippen LogP contribution in [0.5, 0.6) is 0 Å². The molecule has 4 heteroatoms. The summed E-state index contributed by atoms with van der Waals surface area (Å²) in [6.07, 6.45) is 1.46. The molecule has 0 unspecified atom stereocenters. The fourth-order valence-corrected chi connectivity index (χ4v) is 1.64. The molecule has 0 radical (unpaired) electrons. The molecule has 0 spiro atoms. The molecule has 0 fully saturated rings. The fourth-order valence-electron chi connectivity index (χ4n) is 1.51. The zero-order chi connectivity index (χ0) is 12.4. The molecule has 1 aromatic heterocycles. The summed E-state index contributed by atoms with van der Waals surface area (Å²) in [6, 6.07) is 6.19. The molecule has 0 aliphatic carbocycles. The van der Waals surface area contributed by atoms with Gasteiger partial charge in [-0.15, -0.1) is 0 Å². The summed E-state index contributed by atoms with van der Waals surface area (Å²) >= 11 is 5.95. The van der Waals surface area contributed by atoms with Crippen LogP contribution < -0.4 is 5.32 Å². The number of nitrogens with one attached hydrogen (secondary N) is 1. The first kappa shape index (κ1) is 11.9. The summed E-state index contributed by atoms with van der Waals surface area (Å²) in [6.45, 7) is 6.07. The maximum absolute atomic E-state index is 5.95. The molecule has 0 saturated heterocycles. The number of aryl methyl sites for hydroxylation is 2. The number of halogens is 1. The van der Waals surface area contributed by atoms with E-state index in [4.69, 9.17) is 11.6 Å². The lowest BCUT2D eigenvalue weighted by Crippen LogP contribution is -1.98. The number of rotatable bonds is 2. The summed E-state index contributed by atoms with van der Waals surface area (Å²) in [5.41, 5.74) is 4.37. The fraction of sp³-hybridized carbons (Fsp3) is 0.231. The van der Waals surface area contributed by atoms with Gasteiger partial charge in [-0.2, -0.15) is 0 Å². The van der Waals surface area contributed by atoms with Crippen molar-refractivity contribution in [3.8, 4) is 0 Å². The average molecular weight is 248 g/mol. The second kappa shape index (κ2) is 4.72. The van der Waals surface area contributed by atoms with E-state index in [0.29, 0.717) is 5.15 Å². The molecule has 3 nitrogen and oxygen atoms in total. The number of benzene rings is 1. The molecule has 0 saturated carbocycles. The second-order valence-electron chi connectivity index (χ2n) is 4.06. The third-order valence-electron chi connectivity index (χ3n) is 2.79. The van der Waals surface area contributed by atoms with Crippen molar-refractivity contribution in [3.63, 3.8) is 0 Å². The molecule has 1 N–H and O–H groups in total. The first-order valence-electron chi connectivity index (χ1n) is 5.39. The largest absolute Gasteiger partial charge is 0.340 e. The molecule has 88 valence electrons. The van der Waals surface area contributed by atoms with Gasteiger partial charge in [-0.05, 0) is 44.0 Å². The smallest absolute Gasteiger partial charge is 0.138 e. The zero-order valence-corrected chi connectivity index (χ0v) is 10.8. The Bertz CT molecular complexity index is 552. The van der Waals surface area contributed by atoms with Crippen molar-refractivity contribution >= 4 is 23.1 Å². The predicted octanol–water partition coefficient (Wildman–Crippen LogP) is 3.80. The van der Waals surface area contributed by atoms with E-state index < -0.39 is 0 Å². The van der Waals surface area contributed by atoms with Gasteiger partial charge in [0, 0.05) is 11.3 Å². The lowest BCUT2D eigenvalue weighted by atomic mass is 10.1. The van der Waals surface area contributed by atoms with E-state index in [-0.39, 0.29) is 0 Å². The topological polar surface area (TPSA) is 37.8 Å². The monoisotopic (exact) mass is 247 g/mol. The molecule has 1 heterocycles. The van der Waals surface area contributed by atoms with Crippen LogP contribution in [0.1, 0.15) is 16.7 Å². The van der Waals surface area contributed by atoms with Gasteiger partial charge in [0.2, 0.25) is 0 Å². The Labute approximate surface area is 106 Å². The number of aromatic nitrogens is 2. The van der Waals surface area contributed by atoms with Crippen LogP contribution in [0.4, 0.5) is 11.5 Å². The molecule has 1 aromatic carbocycles. The van der Waals surface area contributed by atoms with Gasteiger partial charge >= 0.3 is 0 Å². The summed E-state index contributed by atoms with van der Waals surface area (Å²) in [4.78, 5) is 8.11. The van der Waals surface area contributed by atoms with Crippen LogP contribution in [0, 0.1) is 20.8 Å². The van der Waals surface area contributed by atoms with Crippen LogP contribution in [-0.4, -0.2) is 9.97 Å². The Morgan fingerprint density at radius 3 is 2.53 bits per heavy atom. The Morgan fingerprint density at radius 2 is 1.82 bits per heavy atom. The highest BCUT2D eigenvalue weighted by molar-refractivity contribution is 6.30. The molecule has 0 aliphatic rings. The Hall–Kier alpha value is -1.61. The molecule has 2 rings (SSSR count). The van der Waals surface area contributed by atoms with Gasteiger partial charge in [0.25, 0.3) is 0 Å². The zero-order valence-electron chi connectivity index (χ0n) is 10.1. The molecule has 17 heavy (non-hydrogen) atoms. The quantitative estimate of drug-likeness (QED) is 0.821. The molecular formula is C13H14ClN3. The SMILES string of the molecule is Cc1ccc(Nc2ncnc(Cl)c2C)cc1C. The molecule has 2 aromatic rings. The van der Waals surface area contributed by atoms with E-state index in [1.165, 1.54) is 17.5 Å². The van der Waals surface area contributed by atoms with E-state index in [2.05, 4.69) is 41.3 Å². The van der Waals surface area contributed by atoms with Crippen molar-refractivity contribution in [2.24, 2.45) is 0 Å². The highest BCUT2D eigenvalue weighted by atomic mass is 35.5. The summed E-state index contributed by atoms with van der Waals surface area (Å²) in [7, 11) is 0. The first-order valence-corrected chi connectivity index (χ1v) is 5.77. The van der Waals surface area contributed by atoms with Crippen molar-refractivity contribution in [2.45, 2.75) is 20.8 Å². The molecule has 0 amide bonds. The molecule has 0 bridgehead atoms. The standard InChI is InChI=1S/C13H14ClN3/c1-8-4-5-11(6-9(8)2)17-13-10(3)12(14)15-7-16-13/h4-7H,1-3H3,(H,15,16,17). The number of anilines is 2. The molecule has 0 atom stereocenters. The van der Waals surface area contributed by atoms with Crippen molar-refractivity contribution in [2.75, 3.05) is 5.32 Å². The van der Waals surface area contributed by atoms with Gasteiger partial charge in [-0.3, -0.25) is 0 Å². The summed E-state index contributed by atoms with van der Waals surface area (Å²) < 4.78 is 0. The summed E-state index contributed by atoms with van der Waals surface area (Å²) in [5, 5.41) is 3.72. The lowest BCUT2D eigenvalue weighted by Gasteiger charge is -2.10. The minimum absolute atomic E-state index is 0.478. The normalized spacial score (nSPS) is 10.4. The van der Waals surface area contributed by atoms with Crippen LogP contribution in [0.25, 0.3) is 0 Å². The van der Waals surface area contributed by atoms with E-state index >= 15 is 0 Å². The highest BCUT2D eigenvalue weighted by Gasteiger charge is 2.05. The average Bonchev–Trinajstić information content (AvgIpc) is 2.30. The van der Waals surface area contributed by atoms with Crippen molar-refractivity contribution in [1.82, 2.24) is 9.97 Å². The van der Waals surface area contributed by atoms with Crippen molar-refractivity contribution in [3.05, 3.63) is 46.4 Å². The van der Waals surface area contributed by atoms with Crippen LogP contribution in [0.15, 0.2) is 24.5 Å². The Morgan fingerprint density at radius 1 is 1.06 bits per heavy atom. The maximum Gasteiger partial charge on any atom is 0.138 e. The van der Waals surface area contributed by atoms with E-state index in [1.807, 2.05) is 13.0 Å². The van der Waals surface area contributed by atoms with E-state index in [0.717, 1.165) is 17.1 Å². The van der Waals surface area contributed by atoms with Crippen LogP contribution in [-0.2, 0) is 0 Å². The summed E-state index contributed by atoms with van der Waals surface area (Å²) in [5.74, 6) is 0.744. The minimum atomic E-state index is 0.478. The molecular weight excluding hydrogens is 234 g/mol. The van der Waals surface area contributed by atoms with Gasteiger partial charge in [-0.25, -0.2) is 9.97 Å². The lowest BCUT2D eigenvalue weighted by molar-refractivity contribution is 1.13. The molecule has 0 aliphatic heterocycles. The third kappa shape index (κ3) is 2.56. The van der Waals surface area contributed by atoms with Gasteiger partial charge in [-0.1, -0.05) is 17.7 Å². The van der Waals surface area contributed by atoms with Gasteiger partial charge < -0.3 is 5.32 Å². The number of hydrogen-bond acceptors (Lipinski definition) is 3. The van der Waals surface area contributed by atoms with E-state index in [9.17, 15) is 0 Å². The van der Waals surface area contributed by atoms with Gasteiger partial charge in [0.1, 0.15) is 17.3 Å². The number of hydrogen-bond donors (Lipinski definition) is 1. The van der Waals surface area contributed by atoms with Crippen LogP contribution in [0.3, 0.4) is 0 Å². The van der Waals surface area contributed by atoms with Crippen molar-refractivity contribution < 1.29 is 0 Å². The maximum atomic E-state index is 5.95. The first-order chi connectivity index (χ1) is 8.08. The van der Waals surface area contributed by atoms with Crippen LogP contribution >= 0.6 is 11.6 Å². The van der Waals surface area contributed by atoms with E-state index in [1.54, 1.807) is 0 Å². The second-order valence-corrected chi connectivity index (χ2v) is 4.42. The number of nitrogens with zero attached hydrogens (tertiary/aromatic N) is 2. The van der Waals surface area contributed by atoms with Crippen LogP contribution in [0.2, 0.25) is 5.15 Å². The Kier molecular flexibility index (Phi) is 3.29. The predicted molar refractivity (Wildman–Crippen MR) is 71.0 cm³/mol. The van der Waals surface area contributed by atoms with Crippen molar-refractivity contribution in [1.29, 1.82) is 0 Å². The van der Waals surface area contributed by atoms with Gasteiger partial charge in [0.15, 0.2) is 0 Å². The Balaban J connectivity index is 2.31. The highest BCUT2D eigenvalue weighted by Crippen LogP contribution is 2.23.